The fraction of sp³-hybridized carbons (Fsp3) is 0.600. The molecule has 142 valence electrons. The van der Waals surface area contributed by atoms with Crippen molar-refractivity contribution in [3.05, 3.63) is 35.4 Å². The molecule has 0 aromatic heterocycles. The van der Waals surface area contributed by atoms with E-state index in [1.165, 1.54) is 11.1 Å². The minimum absolute atomic E-state index is 0.0509. The molecule has 1 aromatic carbocycles. The Hall–Kier alpha value is -2.08. The third-order valence-corrected chi connectivity index (χ3v) is 5.82. The van der Waals surface area contributed by atoms with Gasteiger partial charge in [-0.3, -0.25) is 9.69 Å². The molecule has 0 heterocycles. The molecule has 0 bridgehead atoms. The van der Waals surface area contributed by atoms with Gasteiger partial charge in [0, 0.05) is 12.1 Å². The standard InChI is InChI=1S/C20H29N3O3/c1-3-23(12-18(24)25)16-10-15(11-16)21-20(26)22-19-13(2)8-9-14-6-4-5-7-17(14)19/h4-7,13,15-16,19H,3,8-12H2,1-2H3,(H,24,25)(H2,21,22,26). The van der Waals surface area contributed by atoms with Gasteiger partial charge in [0.05, 0.1) is 12.6 Å². The van der Waals surface area contributed by atoms with E-state index in [1.54, 1.807) is 0 Å². The molecule has 2 unspecified atom stereocenters. The lowest BCUT2D eigenvalue weighted by atomic mass is 9.81. The van der Waals surface area contributed by atoms with Crippen LogP contribution in [0, 0.1) is 5.92 Å². The maximum Gasteiger partial charge on any atom is 0.317 e. The predicted octanol–water partition coefficient (Wildman–Crippen LogP) is 2.55. The van der Waals surface area contributed by atoms with E-state index in [1.807, 2.05) is 17.9 Å². The van der Waals surface area contributed by atoms with E-state index in [4.69, 9.17) is 5.11 Å². The zero-order valence-corrected chi connectivity index (χ0v) is 15.6. The van der Waals surface area contributed by atoms with Crippen LogP contribution in [0.3, 0.4) is 0 Å². The number of benzene rings is 1. The molecule has 6 heteroatoms. The van der Waals surface area contributed by atoms with Gasteiger partial charge in [-0.05, 0) is 49.3 Å². The number of likely N-dealkylation sites (N-methyl/N-ethyl adjacent to an activating group) is 1. The number of carbonyl (C=O) groups is 2. The Kier molecular flexibility index (Phi) is 5.81. The zero-order chi connectivity index (χ0) is 18.7. The number of hydrogen-bond donors (Lipinski definition) is 3. The fourth-order valence-corrected chi connectivity index (χ4v) is 4.19. The largest absolute Gasteiger partial charge is 0.480 e. The first-order chi connectivity index (χ1) is 12.5. The first-order valence-corrected chi connectivity index (χ1v) is 9.58. The highest BCUT2D eigenvalue weighted by Crippen LogP contribution is 2.34. The monoisotopic (exact) mass is 359 g/mol. The molecule has 2 amide bonds. The number of nitrogens with one attached hydrogen (secondary N) is 2. The molecule has 2 atom stereocenters. The summed E-state index contributed by atoms with van der Waals surface area (Å²) in [7, 11) is 0. The van der Waals surface area contributed by atoms with Crippen molar-refractivity contribution in [3.8, 4) is 0 Å². The summed E-state index contributed by atoms with van der Waals surface area (Å²) in [5.41, 5.74) is 2.55. The molecule has 6 nitrogen and oxygen atoms in total. The van der Waals surface area contributed by atoms with Crippen LogP contribution < -0.4 is 10.6 Å². The van der Waals surface area contributed by atoms with Crippen LogP contribution in [-0.4, -0.2) is 47.2 Å². The molecule has 1 aromatic rings. The molecular formula is C20H29N3O3. The summed E-state index contributed by atoms with van der Waals surface area (Å²) in [5.74, 6) is -0.387. The number of aryl methyl sites for hydroxylation is 1. The van der Waals surface area contributed by atoms with Gasteiger partial charge in [-0.1, -0.05) is 38.1 Å². The number of urea groups is 1. The first-order valence-electron chi connectivity index (χ1n) is 9.58. The van der Waals surface area contributed by atoms with E-state index >= 15 is 0 Å². The Morgan fingerprint density at radius 1 is 1.23 bits per heavy atom. The maximum atomic E-state index is 12.5. The molecule has 0 spiro atoms. The van der Waals surface area contributed by atoms with Crippen LogP contribution in [0.2, 0.25) is 0 Å². The molecule has 0 saturated heterocycles. The van der Waals surface area contributed by atoms with Crippen molar-refractivity contribution in [2.24, 2.45) is 5.92 Å². The van der Waals surface area contributed by atoms with E-state index < -0.39 is 5.97 Å². The second-order valence-electron chi connectivity index (χ2n) is 7.59. The van der Waals surface area contributed by atoms with Gasteiger partial charge in [0.15, 0.2) is 0 Å². The van der Waals surface area contributed by atoms with Crippen LogP contribution in [0.25, 0.3) is 0 Å². The highest BCUT2D eigenvalue weighted by molar-refractivity contribution is 5.75. The van der Waals surface area contributed by atoms with Gasteiger partial charge in [-0.25, -0.2) is 4.79 Å². The zero-order valence-electron chi connectivity index (χ0n) is 15.6. The third kappa shape index (κ3) is 4.18. The molecule has 2 aliphatic carbocycles. The van der Waals surface area contributed by atoms with Crippen molar-refractivity contribution in [2.75, 3.05) is 13.1 Å². The number of amides is 2. The quantitative estimate of drug-likeness (QED) is 0.729. The summed E-state index contributed by atoms with van der Waals surface area (Å²) < 4.78 is 0. The number of rotatable bonds is 6. The Morgan fingerprint density at radius 2 is 1.96 bits per heavy atom. The maximum absolute atomic E-state index is 12.5. The molecule has 1 saturated carbocycles. The number of carboxylic acid groups (broad SMARTS) is 1. The lowest BCUT2D eigenvalue weighted by Gasteiger charge is -2.42. The molecular weight excluding hydrogens is 330 g/mol. The SMILES string of the molecule is CCN(CC(=O)O)C1CC(NC(=O)NC2c3ccccc3CCC2C)C1. The van der Waals surface area contributed by atoms with E-state index in [0.29, 0.717) is 12.5 Å². The average molecular weight is 359 g/mol. The molecule has 0 radical (unpaired) electrons. The Morgan fingerprint density at radius 3 is 2.65 bits per heavy atom. The van der Waals surface area contributed by atoms with Gasteiger partial charge in [-0.2, -0.15) is 0 Å². The van der Waals surface area contributed by atoms with Crippen molar-refractivity contribution in [3.63, 3.8) is 0 Å². The van der Waals surface area contributed by atoms with E-state index in [-0.39, 0.29) is 30.7 Å². The molecule has 26 heavy (non-hydrogen) atoms. The minimum Gasteiger partial charge on any atom is -0.480 e. The fourth-order valence-electron chi connectivity index (χ4n) is 4.19. The van der Waals surface area contributed by atoms with Crippen LogP contribution in [-0.2, 0) is 11.2 Å². The van der Waals surface area contributed by atoms with Gasteiger partial charge < -0.3 is 15.7 Å². The number of fused-ring (bicyclic) bond motifs is 1. The second kappa shape index (κ2) is 8.08. The Balaban J connectivity index is 1.51. The Labute approximate surface area is 155 Å². The summed E-state index contributed by atoms with van der Waals surface area (Å²) in [5, 5.41) is 15.2. The van der Waals surface area contributed by atoms with Gasteiger partial charge >= 0.3 is 12.0 Å². The molecule has 2 aliphatic rings. The van der Waals surface area contributed by atoms with Crippen LogP contribution in [0.5, 0.6) is 0 Å². The minimum atomic E-state index is -0.800. The van der Waals surface area contributed by atoms with Gasteiger partial charge in [0.2, 0.25) is 0 Å². The highest BCUT2D eigenvalue weighted by Gasteiger charge is 2.35. The number of carbonyl (C=O) groups excluding carboxylic acids is 1. The van der Waals surface area contributed by atoms with Gasteiger partial charge in [0.1, 0.15) is 0 Å². The third-order valence-electron chi connectivity index (χ3n) is 5.82. The Bertz CT molecular complexity index is 657. The van der Waals surface area contributed by atoms with Crippen LogP contribution in [0.1, 0.15) is 50.3 Å². The topological polar surface area (TPSA) is 81.7 Å². The molecule has 1 fully saturated rings. The van der Waals surface area contributed by atoms with Crippen molar-refractivity contribution < 1.29 is 14.7 Å². The van der Waals surface area contributed by atoms with Crippen LogP contribution in [0.15, 0.2) is 24.3 Å². The highest BCUT2D eigenvalue weighted by atomic mass is 16.4. The van der Waals surface area contributed by atoms with Gasteiger partial charge in [-0.15, -0.1) is 0 Å². The second-order valence-corrected chi connectivity index (χ2v) is 7.59. The van der Waals surface area contributed by atoms with E-state index in [9.17, 15) is 9.59 Å². The van der Waals surface area contributed by atoms with Crippen molar-refractivity contribution in [1.29, 1.82) is 0 Å². The summed E-state index contributed by atoms with van der Waals surface area (Å²) in [6.07, 6.45) is 3.77. The van der Waals surface area contributed by atoms with Crippen molar-refractivity contribution in [2.45, 2.75) is 57.7 Å². The smallest absolute Gasteiger partial charge is 0.317 e. The number of carboxylic acids is 1. The first kappa shape index (κ1) is 18.7. The number of nitrogens with zero attached hydrogens (tertiary/aromatic N) is 1. The average Bonchev–Trinajstić information content (AvgIpc) is 2.58. The molecule has 0 aliphatic heterocycles. The summed E-state index contributed by atoms with van der Waals surface area (Å²) in [6, 6.07) is 8.64. The summed E-state index contributed by atoms with van der Waals surface area (Å²) in [4.78, 5) is 25.3. The summed E-state index contributed by atoms with van der Waals surface area (Å²) in [6.45, 7) is 4.94. The van der Waals surface area contributed by atoms with Crippen molar-refractivity contribution >= 4 is 12.0 Å². The lowest BCUT2D eigenvalue weighted by Crippen LogP contribution is -2.56. The van der Waals surface area contributed by atoms with Crippen LogP contribution in [0.4, 0.5) is 4.79 Å². The number of hydrogen-bond acceptors (Lipinski definition) is 3. The van der Waals surface area contributed by atoms with Gasteiger partial charge in [0.25, 0.3) is 0 Å². The molecule has 3 N–H and O–H groups in total. The van der Waals surface area contributed by atoms with Crippen LogP contribution >= 0.6 is 0 Å². The molecule has 3 rings (SSSR count). The van der Waals surface area contributed by atoms with Crippen molar-refractivity contribution in [1.82, 2.24) is 15.5 Å². The predicted molar refractivity (Wildman–Crippen MR) is 100 cm³/mol. The lowest BCUT2D eigenvalue weighted by molar-refractivity contribution is -0.139. The summed E-state index contributed by atoms with van der Waals surface area (Å²) >= 11 is 0. The van der Waals surface area contributed by atoms with E-state index in [0.717, 1.165) is 25.7 Å². The van der Waals surface area contributed by atoms with E-state index in [2.05, 4.69) is 35.8 Å². The normalized spacial score (nSPS) is 27.3. The number of aliphatic carboxylic acids is 1.